The van der Waals surface area contributed by atoms with Gasteiger partial charge in [-0.3, -0.25) is 0 Å². The third-order valence-electron chi connectivity index (χ3n) is 3.47. The number of thiophene rings is 1. The van der Waals surface area contributed by atoms with Gasteiger partial charge >= 0.3 is 0 Å². The van der Waals surface area contributed by atoms with Gasteiger partial charge in [-0.25, -0.2) is 9.97 Å². The highest BCUT2D eigenvalue weighted by Crippen LogP contribution is 2.33. The van der Waals surface area contributed by atoms with Crippen LogP contribution in [0.3, 0.4) is 0 Å². The largest absolute Gasteiger partial charge is 0.367 e. The van der Waals surface area contributed by atoms with Crippen LogP contribution in [0.5, 0.6) is 0 Å². The average Bonchev–Trinajstić information content (AvgIpc) is 2.79. The Labute approximate surface area is 127 Å². The Hall–Kier alpha value is -0.910. The molecule has 1 aliphatic heterocycles. The molecule has 6 heteroatoms. The van der Waals surface area contributed by atoms with Crippen LogP contribution >= 0.6 is 22.9 Å². The molecule has 0 spiro atoms. The number of fused-ring (bicyclic) bond motifs is 1. The van der Waals surface area contributed by atoms with Gasteiger partial charge in [-0.1, -0.05) is 0 Å². The number of nitrogens with zero attached hydrogens (tertiary/aromatic N) is 3. The van der Waals surface area contributed by atoms with E-state index in [1.165, 1.54) is 5.56 Å². The molecule has 4 nitrogen and oxygen atoms in total. The minimum Gasteiger partial charge on any atom is -0.367 e. The summed E-state index contributed by atoms with van der Waals surface area (Å²) >= 11 is 7.70. The van der Waals surface area contributed by atoms with Crippen LogP contribution in [0.4, 0.5) is 5.82 Å². The molecule has 0 radical (unpaired) electrons. The molecule has 3 rings (SSSR count). The first-order chi connectivity index (χ1) is 9.50. The molecule has 0 bridgehead atoms. The summed E-state index contributed by atoms with van der Waals surface area (Å²) < 4.78 is 7.13. The van der Waals surface area contributed by atoms with Gasteiger partial charge in [0.05, 0.1) is 27.8 Å². The van der Waals surface area contributed by atoms with Crippen LogP contribution in [0, 0.1) is 6.92 Å². The van der Waals surface area contributed by atoms with Gasteiger partial charge in [0.15, 0.2) is 0 Å². The highest BCUT2D eigenvalue weighted by atomic mass is 35.5. The second-order valence-electron chi connectivity index (χ2n) is 5.83. The van der Waals surface area contributed by atoms with Crippen molar-refractivity contribution in [2.75, 3.05) is 23.9 Å². The van der Waals surface area contributed by atoms with E-state index in [1.807, 2.05) is 0 Å². The van der Waals surface area contributed by atoms with Gasteiger partial charge in [0.2, 0.25) is 0 Å². The summed E-state index contributed by atoms with van der Waals surface area (Å²) in [6.07, 6.45) is 1.68. The molecular formula is C14H18ClN3OS. The van der Waals surface area contributed by atoms with Crippen LogP contribution in [0.1, 0.15) is 19.4 Å². The molecule has 1 aliphatic rings. The maximum absolute atomic E-state index is 6.00. The van der Waals surface area contributed by atoms with Crippen molar-refractivity contribution in [3.05, 3.63) is 17.3 Å². The predicted octanol–water partition coefficient (Wildman–Crippen LogP) is 3.22. The van der Waals surface area contributed by atoms with Crippen LogP contribution in [0.2, 0.25) is 0 Å². The van der Waals surface area contributed by atoms with Crippen LogP contribution in [-0.4, -0.2) is 40.6 Å². The van der Waals surface area contributed by atoms with Crippen LogP contribution in [0.25, 0.3) is 10.2 Å². The molecule has 20 heavy (non-hydrogen) atoms. The van der Waals surface area contributed by atoms with E-state index in [-0.39, 0.29) is 11.7 Å². The fourth-order valence-corrected chi connectivity index (χ4v) is 3.90. The van der Waals surface area contributed by atoms with Gasteiger partial charge in [0, 0.05) is 13.1 Å². The van der Waals surface area contributed by atoms with E-state index in [2.05, 4.69) is 41.0 Å². The zero-order valence-corrected chi connectivity index (χ0v) is 13.5. The second kappa shape index (κ2) is 5.13. The van der Waals surface area contributed by atoms with Crippen LogP contribution < -0.4 is 4.90 Å². The Bertz CT molecular complexity index is 628. The highest BCUT2D eigenvalue weighted by Gasteiger charge is 2.34. The first kappa shape index (κ1) is 14.0. The number of hydrogen-bond donors (Lipinski definition) is 0. The normalized spacial score (nSPS) is 22.4. The van der Waals surface area contributed by atoms with Crippen molar-refractivity contribution in [2.45, 2.75) is 32.5 Å². The lowest BCUT2D eigenvalue weighted by Gasteiger charge is -2.42. The van der Waals surface area contributed by atoms with E-state index < -0.39 is 0 Å². The second-order valence-corrected chi connectivity index (χ2v) is 7.02. The molecule has 2 aromatic rings. The molecule has 3 heterocycles. The van der Waals surface area contributed by atoms with Crippen molar-refractivity contribution >= 4 is 39.0 Å². The van der Waals surface area contributed by atoms with E-state index >= 15 is 0 Å². The van der Waals surface area contributed by atoms with Crippen molar-refractivity contribution in [1.29, 1.82) is 0 Å². The van der Waals surface area contributed by atoms with E-state index in [0.29, 0.717) is 5.88 Å². The first-order valence-electron chi connectivity index (χ1n) is 6.68. The number of ether oxygens (including phenoxy) is 1. The lowest BCUT2D eigenvalue weighted by atomic mass is 10.1. The summed E-state index contributed by atoms with van der Waals surface area (Å²) in [5.41, 5.74) is 2.03. The van der Waals surface area contributed by atoms with E-state index in [4.69, 9.17) is 16.3 Å². The maximum atomic E-state index is 6.00. The van der Waals surface area contributed by atoms with Gasteiger partial charge in [-0.05, 0) is 31.7 Å². The fraction of sp³-hybridized carbons (Fsp3) is 0.571. The fourth-order valence-electron chi connectivity index (χ4n) is 2.72. The van der Waals surface area contributed by atoms with Gasteiger partial charge in [-0.2, -0.15) is 0 Å². The minimum atomic E-state index is -0.221. The van der Waals surface area contributed by atoms with Crippen LogP contribution in [0.15, 0.2) is 11.7 Å². The molecule has 0 saturated carbocycles. The topological polar surface area (TPSA) is 38.2 Å². The molecular weight excluding hydrogens is 294 g/mol. The van der Waals surface area contributed by atoms with Crippen molar-refractivity contribution in [3.8, 4) is 0 Å². The van der Waals surface area contributed by atoms with Crippen LogP contribution in [-0.2, 0) is 4.74 Å². The zero-order chi connectivity index (χ0) is 14.3. The van der Waals surface area contributed by atoms with Crippen molar-refractivity contribution in [1.82, 2.24) is 9.97 Å². The summed E-state index contributed by atoms with van der Waals surface area (Å²) in [6.45, 7) is 7.85. The molecule has 1 unspecified atom stereocenters. The molecule has 0 aliphatic carbocycles. The monoisotopic (exact) mass is 311 g/mol. The van der Waals surface area contributed by atoms with E-state index in [0.717, 1.165) is 29.1 Å². The number of halogens is 1. The average molecular weight is 312 g/mol. The smallest absolute Gasteiger partial charge is 0.150 e. The number of aryl methyl sites for hydroxylation is 1. The van der Waals surface area contributed by atoms with Crippen molar-refractivity contribution in [3.63, 3.8) is 0 Å². The molecule has 0 aromatic carbocycles. The van der Waals surface area contributed by atoms with Gasteiger partial charge in [0.25, 0.3) is 0 Å². The molecule has 1 atom stereocenters. The van der Waals surface area contributed by atoms with Gasteiger partial charge in [-0.15, -0.1) is 22.9 Å². The summed E-state index contributed by atoms with van der Waals surface area (Å²) in [4.78, 5) is 11.2. The quantitative estimate of drug-likeness (QED) is 0.798. The Morgan fingerprint density at radius 3 is 3.05 bits per heavy atom. The minimum absolute atomic E-state index is 0.0338. The highest BCUT2D eigenvalue weighted by molar-refractivity contribution is 7.18. The standard InChI is InChI=1S/C14H18ClN3OS/c1-9-6-20-12-11(9)16-8-17-13(12)18-5-10(4-15)19-14(2,3)7-18/h6,8,10H,4-5,7H2,1-3H3. The lowest BCUT2D eigenvalue weighted by Crippen LogP contribution is -2.53. The third kappa shape index (κ3) is 2.50. The third-order valence-corrected chi connectivity index (χ3v) is 4.89. The number of morpholine rings is 1. The zero-order valence-electron chi connectivity index (χ0n) is 11.9. The van der Waals surface area contributed by atoms with E-state index in [9.17, 15) is 0 Å². The number of aromatic nitrogens is 2. The molecule has 1 saturated heterocycles. The number of anilines is 1. The Balaban J connectivity index is 2.01. The number of hydrogen-bond acceptors (Lipinski definition) is 5. The SMILES string of the molecule is Cc1csc2c(N3CC(CCl)OC(C)(C)C3)ncnc12. The molecule has 108 valence electrons. The predicted molar refractivity (Wildman–Crippen MR) is 84.0 cm³/mol. The summed E-state index contributed by atoms with van der Waals surface area (Å²) in [5.74, 6) is 1.50. The summed E-state index contributed by atoms with van der Waals surface area (Å²) in [6, 6.07) is 0. The molecule has 1 fully saturated rings. The number of rotatable bonds is 2. The Morgan fingerprint density at radius 1 is 1.50 bits per heavy atom. The summed E-state index contributed by atoms with van der Waals surface area (Å²) in [7, 11) is 0. The molecule has 0 N–H and O–H groups in total. The van der Waals surface area contributed by atoms with Crippen molar-refractivity contribution in [2.24, 2.45) is 0 Å². The lowest BCUT2D eigenvalue weighted by molar-refractivity contribution is -0.0735. The summed E-state index contributed by atoms with van der Waals surface area (Å²) in [5, 5.41) is 2.13. The number of alkyl halides is 1. The van der Waals surface area contributed by atoms with E-state index in [1.54, 1.807) is 17.7 Å². The Morgan fingerprint density at radius 2 is 2.30 bits per heavy atom. The van der Waals surface area contributed by atoms with Gasteiger partial charge < -0.3 is 9.64 Å². The maximum Gasteiger partial charge on any atom is 0.150 e. The Kier molecular flexibility index (Phi) is 3.60. The molecule has 2 aromatic heterocycles. The molecule has 0 amide bonds. The van der Waals surface area contributed by atoms with Crippen molar-refractivity contribution < 1.29 is 4.74 Å². The first-order valence-corrected chi connectivity index (χ1v) is 8.09. The van der Waals surface area contributed by atoms with Gasteiger partial charge in [0.1, 0.15) is 12.1 Å².